The van der Waals surface area contributed by atoms with E-state index < -0.39 is 0 Å². The van der Waals surface area contributed by atoms with Crippen molar-refractivity contribution in [2.24, 2.45) is 0 Å². The van der Waals surface area contributed by atoms with Crippen LogP contribution in [0.3, 0.4) is 0 Å². The molecule has 6 nitrogen and oxygen atoms in total. The smallest absolute Gasteiger partial charge is 0.229 e. The van der Waals surface area contributed by atoms with Crippen LogP contribution in [0.15, 0.2) is 42.5 Å². The highest BCUT2D eigenvalue weighted by Crippen LogP contribution is 2.31. The van der Waals surface area contributed by atoms with Crippen molar-refractivity contribution in [3.63, 3.8) is 0 Å². The molecule has 0 spiro atoms. The summed E-state index contributed by atoms with van der Waals surface area (Å²) in [6, 6.07) is 13.8. The summed E-state index contributed by atoms with van der Waals surface area (Å²) in [5.74, 6) is 2.56. The number of methoxy groups -OCH3 is 2. The monoisotopic (exact) mass is 364 g/mol. The van der Waals surface area contributed by atoms with Crippen LogP contribution in [-0.4, -0.2) is 24.2 Å². The first-order valence-electron chi connectivity index (χ1n) is 8.67. The molecule has 3 rings (SSSR count). The van der Waals surface area contributed by atoms with Gasteiger partial charge < -0.3 is 20.1 Å². The van der Waals surface area contributed by atoms with Gasteiger partial charge in [-0.1, -0.05) is 17.7 Å². The van der Waals surface area contributed by atoms with E-state index in [0.29, 0.717) is 17.4 Å². The largest absolute Gasteiger partial charge is 0.493 e. The van der Waals surface area contributed by atoms with Crippen molar-refractivity contribution in [1.82, 2.24) is 9.97 Å². The van der Waals surface area contributed by atoms with Gasteiger partial charge in [-0.2, -0.15) is 4.98 Å². The lowest BCUT2D eigenvalue weighted by molar-refractivity contribution is 0.355. The topological polar surface area (TPSA) is 68.3 Å². The first-order valence-corrected chi connectivity index (χ1v) is 8.67. The molecule has 0 aliphatic carbocycles. The number of benzene rings is 2. The van der Waals surface area contributed by atoms with Crippen molar-refractivity contribution in [1.29, 1.82) is 0 Å². The van der Waals surface area contributed by atoms with E-state index in [9.17, 15) is 0 Å². The number of aromatic nitrogens is 2. The molecule has 0 saturated carbocycles. The molecule has 0 radical (unpaired) electrons. The maximum absolute atomic E-state index is 5.35. The minimum atomic E-state index is 0.509. The molecule has 0 amide bonds. The lowest BCUT2D eigenvalue weighted by atomic mass is 10.1. The minimum Gasteiger partial charge on any atom is -0.493 e. The normalized spacial score (nSPS) is 10.4. The predicted octanol–water partition coefficient (Wildman–Crippen LogP) is 4.91. The Kier molecular flexibility index (Phi) is 5.45. The number of hydrogen-bond acceptors (Lipinski definition) is 6. The van der Waals surface area contributed by atoms with Crippen molar-refractivity contribution in [2.45, 2.75) is 20.8 Å². The van der Waals surface area contributed by atoms with E-state index in [-0.39, 0.29) is 0 Å². The third-order valence-electron chi connectivity index (χ3n) is 4.14. The van der Waals surface area contributed by atoms with E-state index in [1.807, 2.05) is 31.2 Å². The highest BCUT2D eigenvalue weighted by Gasteiger charge is 2.08. The fraction of sp³-hybridized carbons (Fsp3) is 0.238. The molecule has 0 bridgehead atoms. The molecule has 0 unspecified atom stereocenters. The summed E-state index contributed by atoms with van der Waals surface area (Å²) in [5, 5.41) is 6.59. The first kappa shape index (κ1) is 18.5. The number of anilines is 4. The molecule has 6 heteroatoms. The third kappa shape index (κ3) is 4.47. The van der Waals surface area contributed by atoms with Crippen LogP contribution < -0.4 is 20.1 Å². The zero-order valence-electron chi connectivity index (χ0n) is 16.3. The third-order valence-corrected chi connectivity index (χ3v) is 4.14. The molecule has 0 aliphatic rings. The molecule has 2 N–H and O–H groups in total. The Morgan fingerprint density at radius 2 is 1.56 bits per heavy atom. The number of hydrogen-bond donors (Lipinski definition) is 2. The Morgan fingerprint density at radius 1 is 0.778 bits per heavy atom. The molecule has 140 valence electrons. The van der Waals surface area contributed by atoms with Crippen LogP contribution in [0.1, 0.15) is 16.8 Å². The van der Waals surface area contributed by atoms with E-state index in [4.69, 9.17) is 9.47 Å². The zero-order valence-corrected chi connectivity index (χ0v) is 16.3. The highest BCUT2D eigenvalue weighted by molar-refractivity contribution is 5.64. The molecule has 0 saturated heterocycles. The standard InChI is InChI=1S/C21H24N4O2/c1-13-6-8-17(14(2)10-13)24-20-11-15(3)22-21(25-20)23-16-7-9-18(26-4)19(12-16)27-5/h6-12H,1-5H3,(H2,22,23,24,25). The SMILES string of the molecule is COc1ccc(Nc2nc(C)cc(Nc3ccc(C)cc3C)n2)cc1OC. The van der Waals surface area contributed by atoms with Gasteiger partial charge >= 0.3 is 0 Å². The summed E-state index contributed by atoms with van der Waals surface area (Å²) >= 11 is 0. The summed E-state index contributed by atoms with van der Waals surface area (Å²) in [5.41, 5.74) is 5.10. The van der Waals surface area contributed by atoms with Gasteiger partial charge in [0.2, 0.25) is 5.95 Å². The number of ether oxygens (including phenoxy) is 2. The Labute approximate surface area is 159 Å². The number of nitrogens with zero attached hydrogens (tertiary/aromatic N) is 2. The van der Waals surface area contributed by atoms with Crippen LogP contribution in [0.5, 0.6) is 11.5 Å². The maximum Gasteiger partial charge on any atom is 0.229 e. The van der Waals surface area contributed by atoms with Gasteiger partial charge in [0.1, 0.15) is 5.82 Å². The number of nitrogens with one attached hydrogen (secondary N) is 2. The Bertz CT molecular complexity index is 957. The number of aryl methyl sites for hydroxylation is 3. The van der Waals surface area contributed by atoms with Crippen LogP contribution in [-0.2, 0) is 0 Å². The molecule has 27 heavy (non-hydrogen) atoms. The highest BCUT2D eigenvalue weighted by atomic mass is 16.5. The van der Waals surface area contributed by atoms with Crippen molar-refractivity contribution in [3.8, 4) is 11.5 Å². The summed E-state index contributed by atoms with van der Waals surface area (Å²) in [6.45, 7) is 6.09. The van der Waals surface area contributed by atoms with Gasteiger partial charge in [0.25, 0.3) is 0 Å². The predicted molar refractivity (Wildman–Crippen MR) is 109 cm³/mol. The summed E-state index contributed by atoms with van der Waals surface area (Å²) in [6.07, 6.45) is 0. The van der Waals surface area contributed by atoms with E-state index in [1.165, 1.54) is 11.1 Å². The van der Waals surface area contributed by atoms with Crippen molar-refractivity contribution in [3.05, 3.63) is 59.3 Å². The molecule has 3 aromatic rings. The lowest BCUT2D eigenvalue weighted by Crippen LogP contribution is -2.03. The van der Waals surface area contributed by atoms with Gasteiger partial charge in [0, 0.05) is 29.2 Å². The molecular formula is C21H24N4O2. The van der Waals surface area contributed by atoms with Gasteiger partial charge in [0.15, 0.2) is 11.5 Å². The average Bonchev–Trinajstić information content (AvgIpc) is 2.63. The minimum absolute atomic E-state index is 0.509. The van der Waals surface area contributed by atoms with Crippen LogP contribution in [0.2, 0.25) is 0 Å². The van der Waals surface area contributed by atoms with Gasteiger partial charge in [0.05, 0.1) is 14.2 Å². The van der Waals surface area contributed by atoms with Gasteiger partial charge in [-0.25, -0.2) is 4.98 Å². The second-order valence-corrected chi connectivity index (χ2v) is 6.36. The van der Waals surface area contributed by atoms with E-state index in [2.05, 4.69) is 52.6 Å². The molecule has 2 aromatic carbocycles. The van der Waals surface area contributed by atoms with E-state index in [1.54, 1.807) is 14.2 Å². The van der Waals surface area contributed by atoms with Crippen LogP contribution in [0.4, 0.5) is 23.1 Å². The first-order chi connectivity index (χ1) is 13.0. The molecule has 1 aromatic heterocycles. The van der Waals surface area contributed by atoms with Crippen molar-refractivity contribution < 1.29 is 9.47 Å². The molecular weight excluding hydrogens is 340 g/mol. The van der Waals surface area contributed by atoms with Crippen LogP contribution in [0.25, 0.3) is 0 Å². The lowest BCUT2D eigenvalue weighted by Gasteiger charge is -2.13. The molecule has 0 atom stereocenters. The molecule has 0 fully saturated rings. The summed E-state index contributed by atoms with van der Waals surface area (Å²) in [4.78, 5) is 9.05. The van der Waals surface area contributed by atoms with Crippen LogP contribution in [0, 0.1) is 20.8 Å². The fourth-order valence-corrected chi connectivity index (χ4v) is 2.82. The second kappa shape index (κ2) is 7.95. The van der Waals surface area contributed by atoms with E-state index >= 15 is 0 Å². The zero-order chi connectivity index (χ0) is 19.4. The quantitative estimate of drug-likeness (QED) is 0.648. The van der Waals surface area contributed by atoms with Crippen molar-refractivity contribution in [2.75, 3.05) is 24.9 Å². The molecule has 0 aliphatic heterocycles. The fourth-order valence-electron chi connectivity index (χ4n) is 2.82. The Hall–Kier alpha value is -3.28. The average molecular weight is 364 g/mol. The van der Waals surface area contributed by atoms with E-state index in [0.717, 1.165) is 22.9 Å². The number of rotatable bonds is 6. The van der Waals surface area contributed by atoms with Gasteiger partial charge in [-0.3, -0.25) is 0 Å². The molecule has 1 heterocycles. The summed E-state index contributed by atoms with van der Waals surface area (Å²) in [7, 11) is 3.22. The second-order valence-electron chi connectivity index (χ2n) is 6.36. The van der Waals surface area contributed by atoms with Crippen molar-refractivity contribution >= 4 is 23.1 Å². The Balaban J connectivity index is 1.85. The maximum atomic E-state index is 5.35. The van der Waals surface area contributed by atoms with Gasteiger partial charge in [-0.15, -0.1) is 0 Å². The van der Waals surface area contributed by atoms with Crippen LogP contribution >= 0.6 is 0 Å². The Morgan fingerprint density at radius 3 is 2.26 bits per heavy atom. The summed E-state index contributed by atoms with van der Waals surface area (Å²) < 4.78 is 10.6. The van der Waals surface area contributed by atoms with Gasteiger partial charge in [-0.05, 0) is 44.5 Å².